The number of ether oxygens (including phenoxy) is 3. The lowest BCUT2D eigenvalue weighted by Gasteiger charge is -2.32. The van der Waals surface area contributed by atoms with Gasteiger partial charge in [0.25, 0.3) is 0 Å². The fraction of sp³-hybridized carbons (Fsp3) is 0.600. The average Bonchev–Trinajstić information content (AvgIpc) is 2.46. The van der Waals surface area contributed by atoms with Gasteiger partial charge in [-0.1, -0.05) is 6.07 Å². The molecule has 1 aliphatic heterocycles. The fourth-order valence-electron chi connectivity index (χ4n) is 2.68. The van der Waals surface area contributed by atoms with Crippen LogP contribution in [0.4, 0.5) is 0 Å². The van der Waals surface area contributed by atoms with Gasteiger partial charge >= 0.3 is 0 Å². The summed E-state index contributed by atoms with van der Waals surface area (Å²) in [5, 5.41) is 3.45. The number of halogens is 1. The topological polar surface area (TPSA) is 43.0 Å². The molecule has 1 N–H and O–H groups in total. The molecule has 5 nitrogen and oxygen atoms in total. The highest BCUT2D eigenvalue weighted by molar-refractivity contribution is 5.85. The Labute approximate surface area is 133 Å². The Balaban J connectivity index is 0.00000220. The van der Waals surface area contributed by atoms with Gasteiger partial charge in [-0.2, -0.15) is 0 Å². The third-order valence-electron chi connectivity index (χ3n) is 3.63. The molecule has 0 aromatic heterocycles. The van der Waals surface area contributed by atoms with Gasteiger partial charge in [0, 0.05) is 37.8 Å². The van der Waals surface area contributed by atoms with Crippen molar-refractivity contribution in [2.24, 2.45) is 0 Å². The van der Waals surface area contributed by atoms with Crippen LogP contribution in [0, 0.1) is 0 Å². The largest absolute Gasteiger partial charge is 0.493 e. The summed E-state index contributed by atoms with van der Waals surface area (Å²) in [4.78, 5) is 2.42. The molecule has 0 amide bonds. The van der Waals surface area contributed by atoms with Gasteiger partial charge in [0.1, 0.15) is 0 Å². The number of rotatable bonds is 5. The van der Waals surface area contributed by atoms with Gasteiger partial charge < -0.3 is 19.5 Å². The molecule has 1 atom stereocenters. The normalized spacial score (nSPS) is 18.8. The number of nitrogens with zero attached hydrogens (tertiary/aromatic N) is 1. The third-order valence-corrected chi connectivity index (χ3v) is 3.63. The Hall–Kier alpha value is -1.17. The Morgan fingerprint density at radius 2 is 1.86 bits per heavy atom. The van der Waals surface area contributed by atoms with Crippen LogP contribution in [-0.4, -0.2) is 51.9 Å². The first kappa shape index (κ1) is 17.9. The van der Waals surface area contributed by atoms with Gasteiger partial charge in [-0.05, 0) is 13.0 Å². The van der Waals surface area contributed by atoms with Crippen LogP contribution in [0.25, 0.3) is 0 Å². The SMILES string of the molecule is COc1ccc(CN2CCN[C@H](C)C2)c(OC)c1OC.Cl. The molecular weight excluding hydrogens is 292 g/mol. The van der Waals surface area contributed by atoms with E-state index >= 15 is 0 Å². The van der Waals surface area contributed by atoms with Crippen LogP contribution in [0.3, 0.4) is 0 Å². The van der Waals surface area contributed by atoms with Crippen LogP contribution in [0.15, 0.2) is 12.1 Å². The van der Waals surface area contributed by atoms with Crippen LogP contribution in [0.5, 0.6) is 17.2 Å². The minimum absolute atomic E-state index is 0. The molecule has 1 fully saturated rings. The van der Waals surface area contributed by atoms with Crippen molar-refractivity contribution in [3.8, 4) is 17.2 Å². The number of benzene rings is 1. The minimum atomic E-state index is 0. The van der Waals surface area contributed by atoms with Crippen molar-refractivity contribution in [2.45, 2.75) is 19.5 Å². The molecule has 0 spiro atoms. The average molecular weight is 317 g/mol. The number of nitrogens with one attached hydrogen (secondary N) is 1. The maximum Gasteiger partial charge on any atom is 0.203 e. The van der Waals surface area contributed by atoms with E-state index in [1.165, 1.54) is 0 Å². The lowest BCUT2D eigenvalue weighted by Crippen LogP contribution is -2.48. The predicted octanol–water partition coefficient (Wildman–Crippen LogP) is 1.93. The number of methoxy groups -OCH3 is 3. The summed E-state index contributed by atoms with van der Waals surface area (Å²) in [6, 6.07) is 4.50. The fourth-order valence-corrected chi connectivity index (χ4v) is 2.68. The van der Waals surface area contributed by atoms with Crippen molar-refractivity contribution in [1.82, 2.24) is 10.2 Å². The van der Waals surface area contributed by atoms with Crippen LogP contribution in [0.1, 0.15) is 12.5 Å². The van der Waals surface area contributed by atoms with Crippen LogP contribution >= 0.6 is 12.4 Å². The van der Waals surface area contributed by atoms with Gasteiger partial charge in [-0.15, -0.1) is 12.4 Å². The molecule has 1 heterocycles. The zero-order chi connectivity index (χ0) is 14.5. The lowest BCUT2D eigenvalue weighted by molar-refractivity contribution is 0.196. The standard InChI is InChI=1S/C15H24N2O3.ClH/c1-11-9-17(8-7-16-11)10-12-5-6-13(18-2)15(20-4)14(12)19-3;/h5-6,11,16H,7-10H2,1-4H3;1H/t11-;/m1./s1. The quantitative estimate of drug-likeness (QED) is 0.899. The highest BCUT2D eigenvalue weighted by atomic mass is 35.5. The second-order valence-corrected chi connectivity index (χ2v) is 5.08. The summed E-state index contributed by atoms with van der Waals surface area (Å²) in [6.45, 7) is 6.17. The number of hydrogen-bond donors (Lipinski definition) is 1. The van der Waals surface area contributed by atoms with E-state index < -0.39 is 0 Å². The minimum Gasteiger partial charge on any atom is -0.493 e. The summed E-state index contributed by atoms with van der Waals surface area (Å²) in [7, 11) is 4.94. The molecule has 0 saturated carbocycles. The van der Waals surface area contributed by atoms with Crippen molar-refractivity contribution >= 4 is 12.4 Å². The summed E-state index contributed by atoms with van der Waals surface area (Å²) in [5.41, 5.74) is 1.12. The van der Waals surface area contributed by atoms with Crippen molar-refractivity contribution < 1.29 is 14.2 Å². The highest BCUT2D eigenvalue weighted by Gasteiger charge is 2.20. The van der Waals surface area contributed by atoms with Crippen LogP contribution < -0.4 is 19.5 Å². The molecule has 1 aromatic carbocycles. The first-order valence-corrected chi connectivity index (χ1v) is 6.93. The smallest absolute Gasteiger partial charge is 0.203 e. The number of piperazine rings is 1. The van der Waals surface area contributed by atoms with E-state index in [-0.39, 0.29) is 12.4 Å². The van der Waals surface area contributed by atoms with Crippen molar-refractivity contribution in [3.05, 3.63) is 17.7 Å². The van der Waals surface area contributed by atoms with E-state index in [0.717, 1.165) is 37.5 Å². The molecule has 21 heavy (non-hydrogen) atoms. The Bertz CT molecular complexity index is 457. The molecule has 2 rings (SSSR count). The zero-order valence-corrected chi connectivity index (χ0v) is 14.0. The van der Waals surface area contributed by atoms with E-state index in [0.29, 0.717) is 17.5 Å². The first-order chi connectivity index (χ1) is 9.69. The van der Waals surface area contributed by atoms with E-state index in [1.54, 1.807) is 21.3 Å². The molecule has 0 aliphatic carbocycles. The third kappa shape index (κ3) is 4.15. The predicted molar refractivity (Wildman–Crippen MR) is 86.1 cm³/mol. The highest BCUT2D eigenvalue weighted by Crippen LogP contribution is 2.40. The maximum atomic E-state index is 5.53. The van der Waals surface area contributed by atoms with Gasteiger partial charge in [-0.3, -0.25) is 4.90 Å². The van der Waals surface area contributed by atoms with Gasteiger partial charge in [-0.25, -0.2) is 0 Å². The summed E-state index contributed by atoms with van der Waals surface area (Å²) in [5.74, 6) is 2.12. The van der Waals surface area contributed by atoms with Gasteiger partial charge in [0.2, 0.25) is 5.75 Å². The van der Waals surface area contributed by atoms with Crippen molar-refractivity contribution in [3.63, 3.8) is 0 Å². The molecule has 120 valence electrons. The molecule has 0 unspecified atom stereocenters. The second-order valence-electron chi connectivity index (χ2n) is 5.08. The summed E-state index contributed by atoms with van der Waals surface area (Å²) < 4.78 is 16.3. The van der Waals surface area contributed by atoms with Gasteiger partial charge in [0.15, 0.2) is 11.5 Å². The summed E-state index contributed by atoms with van der Waals surface area (Å²) >= 11 is 0. The summed E-state index contributed by atoms with van der Waals surface area (Å²) in [6.07, 6.45) is 0. The number of hydrogen-bond acceptors (Lipinski definition) is 5. The zero-order valence-electron chi connectivity index (χ0n) is 13.1. The monoisotopic (exact) mass is 316 g/mol. The lowest BCUT2D eigenvalue weighted by atomic mass is 10.1. The van der Waals surface area contributed by atoms with Crippen LogP contribution in [0.2, 0.25) is 0 Å². The van der Waals surface area contributed by atoms with Crippen molar-refractivity contribution in [2.75, 3.05) is 41.0 Å². The Morgan fingerprint density at radius 3 is 2.43 bits per heavy atom. The molecule has 6 heteroatoms. The van der Waals surface area contributed by atoms with E-state index in [2.05, 4.69) is 17.1 Å². The second kappa shape index (κ2) is 8.32. The van der Waals surface area contributed by atoms with Crippen molar-refractivity contribution in [1.29, 1.82) is 0 Å². The van der Waals surface area contributed by atoms with E-state index in [1.807, 2.05) is 12.1 Å². The first-order valence-electron chi connectivity index (χ1n) is 6.93. The Kier molecular flexibility index (Phi) is 7.08. The Morgan fingerprint density at radius 1 is 1.14 bits per heavy atom. The molecule has 1 aromatic rings. The maximum absolute atomic E-state index is 5.53. The van der Waals surface area contributed by atoms with Crippen LogP contribution in [-0.2, 0) is 6.54 Å². The molecule has 1 saturated heterocycles. The van der Waals surface area contributed by atoms with E-state index in [9.17, 15) is 0 Å². The molecule has 1 aliphatic rings. The van der Waals surface area contributed by atoms with E-state index in [4.69, 9.17) is 14.2 Å². The molecule has 0 bridgehead atoms. The van der Waals surface area contributed by atoms with Gasteiger partial charge in [0.05, 0.1) is 21.3 Å². The molecular formula is C15H25ClN2O3. The molecule has 0 radical (unpaired) electrons.